The molecule has 1 aromatic heterocycles. The zero-order valence-corrected chi connectivity index (χ0v) is 20.6. The van der Waals surface area contributed by atoms with Crippen LogP contribution < -0.4 is 0 Å². The van der Waals surface area contributed by atoms with Crippen LogP contribution in [0.3, 0.4) is 0 Å². The second kappa shape index (κ2) is 9.26. The summed E-state index contributed by atoms with van der Waals surface area (Å²) in [5, 5.41) is 0.588. The predicted octanol–water partition coefficient (Wildman–Crippen LogP) is 5.46. The van der Waals surface area contributed by atoms with Crippen molar-refractivity contribution in [2.45, 2.75) is 45.8 Å². The number of amides is 2. The smallest absolute Gasteiger partial charge is 0.254 e. The van der Waals surface area contributed by atoms with E-state index in [2.05, 4.69) is 4.57 Å². The molecule has 2 aromatic carbocycles. The second-order valence-electron chi connectivity index (χ2n) is 9.66. The Kier molecular flexibility index (Phi) is 6.54. The fourth-order valence-corrected chi connectivity index (χ4v) is 4.69. The van der Waals surface area contributed by atoms with Crippen molar-refractivity contribution < 1.29 is 14.0 Å². The number of benzene rings is 2. The normalized spacial score (nSPS) is 15.7. The molecule has 1 atom stereocenters. The third-order valence-corrected chi connectivity index (χ3v) is 6.66. The van der Waals surface area contributed by atoms with E-state index in [1.54, 1.807) is 16.7 Å². The van der Waals surface area contributed by atoms with E-state index in [4.69, 9.17) is 11.6 Å². The summed E-state index contributed by atoms with van der Waals surface area (Å²) in [6, 6.07) is 15.4. The Hall–Kier alpha value is -3.12. The summed E-state index contributed by atoms with van der Waals surface area (Å²) in [5.41, 5.74) is 1.96. The molecule has 0 radical (unpaired) electrons. The number of hydrogen-bond donors (Lipinski definition) is 0. The molecule has 4 rings (SSSR count). The van der Waals surface area contributed by atoms with Crippen LogP contribution in [0, 0.1) is 12.7 Å². The molecule has 2 heterocycles. The summed E-state index contributed by atoms with van der Waals surface area (Å²) >= 11 is 6.56. The van der Waals surface area contributed by atoms with Gasteiger partial charge in [0.2, 0.25) is 5.91 Å². The Labute approximate surface area is 204 Å². The van der Waals surface area contributed by atoms with Crippen LogP contribution in [-0.4, -0.2) is 44.8 Å². The summed E-state index contributed by atoms with van der Waals surface area (Å²) < 4.78 is 15.9. The second-order valence-corrected chi connectivity index (χ2v) is 10.1. The van der Waals surface area contributed by atoms with Crippen molar-refractivity contribution in [3.05, 3.63) is 94.0 Å². The summed E-state index contributed by atoms with van der Waals surface area (Å²) in [4.78, 5) is 30.6. The lowest BCUT2D eigenvalue weighted by atomic mass is 9.99. The van der Waals surface area contributed by atoms with Crippen LogP contribution in [0.4, 0.5) is 4.39 Å². The standard InChI is InChI=1S/C27H29ClFN3O2/c1-18-16-19(11-12-22(18)29)26(34)32(27(2,3)4)17-24(33)31-15-14-30-13-7-10-23(30)25(31)20-8-5-6-9-21(20)28/h5-13,16,25H,14-15,17H2,1-4H3/t25-/m0/s1. The first kappa shape index (κ1) is 24.0. The highest BCUT2D eigenvalue weighted by Gasteiger charge is 2.36. The van der Waals surface area contributed by atoms with Gasteiger partial charge >= 0.3 is 0 Å². The molecule has 0 aliphatic carbocycles. The minimum absolute atomic E-state index is 0.0968. The molecule has 0 spiro atoms. The number of carbonyl (C=O) groups excluding carboxylic acids is 2. The van der Waals surface area contributed by atoms with Crippen molar-refractivity contribution in [1.82, 2.24) is 14.4 Å². The van der Waals surface area contributed by atoms with Gasteiger partial charge < -0.3 is 14.4 Å². The van der Waals surface area contributed by atoms with Crippen LogP contribution in [0.25, 0.3) is 0 Å². The number of nitrogens with zero attached hydrogens (tertiary/aromatic N) is 3. The van der Waals surface area contributed by atoms with Crippen molar-refractivity contribution in [2.24, 2.45) is 0 Å². The van der Waals surface area contributed by atoms with Gasteiger partial charge in [-0.15, -0.1) is 0 Å². The Morgan fingerprint density at radius 1 is 1.09 bits per heavy atom. The van der Waals surface area contributed by atoms with E-state index >= 15 is 0 Å². The number of rotatable bonds is 4. The number of hydrogen-bond acceptors (Lipinski definition) is 2. The van der Waals surface area contributed by atoms with Crippen molar-refractivity contribution in [3.8, 4) is 0 Å². The van der Waals surface area contributed by atoms with Crippen LogP contribution in [0.15, 0.2) is 60.8 Å². The molecule has 3 aromatic rings. The van der Waals surface area contributed by atoms with E-state index in [1.807, 2.05) is 63.4 Å². The molecule has 7 heteroatoms. The number of aromatic nitrogens is 1. The van der Waals surface area contributed by atoms with Gasteiger partial charge in [0.25, 0.3) is 5.91 Å². The maximum atomic E-state index is 13.8. The Bertz CT molecular complexity index is 1230. The van der Waals surface area contributed by atoms with Gasteiger partial charge in [-0.25, -0.2) is 4.39 Å². The van der Waals surface area contributed by atoms with Crippen molar-refractivity contribution >= 4 is 23.4 Å². The summed E-state index contributed by atoms with van der Waals surface area (Å²) in [7, 11) is 0. The third-order valence-electron chi connectivity index (χ3n) is 6.31. The van der Waals surface area contributed by atoms with E-state index in [1.165, 1.54) is 18.2 Å². The lowest BCUT2D eigenvalue weighted by molar-refractivity contribution is -0.135. The Morgan fingerprint density at radius 3 is 2.50 bits per heavy atom. The number of halogens is 2. The van der Waals surface area contributed by atoms with E-state index in [9.17, 15) is 14.0 Å². The molecule has 0 saturated carbocycles. The Morgan fingerprint density at radius 2 is 1.82 bits per heavy atom. The number of carbonyl (C=O) groups is 2. The third kappa shape index (κ3) is 4.60. The highest BCUT2D eigenvalue weighted by Crippen LogP contribution is 2.36. The summed E-state index contributed by atoms with van der Waals surface area (Å²) in [6.45, 7) is 8.36. The summed E-state index contributed by atoms with van der Waals surface area (Å²) in [5.74, 6) is -0.841. The fraction of sp³-hybridized carbons (Fsp3) is 0.333. The SMILES string of the molecule is Cc1cc(C(=O)N(CC(=O)N2CCn3cccc3[C@@H]2c2ccccc2Cl)C(C)(C)C)ccc1F. The van der Waals surface area contributed by atoms with Gasteiger partial charge in [0.1, 0.15) is 12.4 Å². The predicted molar refractivity (Wildman–Crippen MR) is 131 cm³/mol. The quantitative estimate of drug-likeness (QED) is 0.496. The molecule has 0 unspecified atom stereocenters. The van der Waals surface area contributed by atoms with Crippen LogP contribution in [0.1, 0.15) is 54.0 Å². The summed E-state index contributed by atoms with van der Waals surface area (Å²) in [6.07, 6.45) is 2.00. The van der Waals surface area contributed by atoms with E-state index in [0.717, 1.165) is 11.3 Å². The molecule has 1 aliphatic heterocycles. The van der Waals surface area contributed by atoms with E-state index in [0.29, 0.717) is 29.2 Å². The first-order valence-corrected chi connectivity index (χ1v) is 11.7. The zero-order chi connectivity index (χ0) is 24.6. The zero-order valence-electron chi connectivity index (χ0n) is 19.9. The molecule has 0 N–H and O–H groups in total. The van der Waals surface area contributed by atoms with Gasteiger partial charge in [-0.2, -0.15) is 0 Å². The molecule has 5 nitrogen and oxygen atoms in total. The molecule has 178 valence electrons. The first-order chi connectivity index (χ1) is 16.1. The van der Waals surface area contributed by atoms with Gasteiger partial charge in [-0.3, -0.25) is 9.59 Å². The average molecular weight is 482 g/mol. The van der Waals surface area contributed by atoms with Crippen molar-refractivity contribution in [3.63, 3.8) is 0 Å². The van der Waals surface area contributed by atoms with Crippen molar-refractivity contribution in [1.29, 1.82) is 0 Å². The van der Waals surface area contributed by atoms with Crippen LogP contribution in [-0.2, 0) is 11.3 Å². The lowest BCUT2D eigenvalue weighted by Gasteiger charge is -2.41. The maximum Gasteiger partial charge on any atom is 0.254 e. The molecule has 0 fully saturated rings. The van der Waals surface area contributed by atoms with Gasteiger partial charge in [-0.05, 0) is 75.2 Å². The highest BCUT2D eigenvalue weighted by molar-refractivity contribution is 6.31. The monoisotopic (exact) mass is 481 g/mol. The molecule has 34 heavy (non-hydrogen) atoms. The topological polar surface area (TPSA) is 45.6 Å². The molecule has 1 aliphatic rings. The van der Waals surface area contributed by atoms with Crippen LogP contribution in [0.2, 0.25) is 5.02 Å². The van der Waals surface area contributed by atoms with Gasteiger partial charge in [0.15, 0.2) is 0 Å². The van der Waals surface area contributed by atoms with Crippen LogP contribution in [0.5, 0.6) is 0 Å². The van der Waals surface area contributed by atoms with E-state index in [-0.39, 0.29) is 30.2 Å². The molecular weight excluding hydrogens is 453 g/mol. The minimum atomic E-state index is -0.620. The van der Waals surface area contributed by atoms with Gasteiger partial charge in [-0.1, -0.05) is 29.8 Å². The van der Waals surface area contributed by atoms with Crippen molar-refractivity contribution in [2.75, 3.05) is 13.1 Å². The molecule has 0 bridgehead atoms. The van der Waals surface area contributed by atoms with Crippen LogP contribution >= 0.6 is 11.6 Å². The number of fused-ring (bicyclic) bond motifs is 1. The molecule has 2 amide bonds. The Balaban J connectivity index is 1.67. The van der Waals surface area contributed by atoms with Gasteiger partial charge in [0.05, 0.1) is 6.04 Å². The first-order valence-electron chi connectivity index (χ1n) is 11.3. The minimum Gasteiger partial charge on any atom is -0.348 e. The number of aryl methyl sites for hydroxylation is 1. The average Bonchev–Trinajstić information content (AvgIpc) is 3.27. The van der Waals surface area contributed by atoms with Gasteiger partial charge in [0, 0.05) is 41.1 Å². The van der Waals surface area contributed by atoms with E-state index < -0.39 is 5.54 Å². The lowest BCUT2D eigenvalue weighted by Crippen LogP contribution is -2.53. The molecular formula is C27H29ClFN3O2. The molecule has 0 saturated heterocycles. The highest BCUT2D eigenvalue weighted by atomic mass is 35.5. The fourth-order valence-electron chi connectivity index (χ4n) is 4.45. The maximum absolute atomic E-state index is 13.8. The largest absolute Gasteiger partial charge is 0.348 e.